The van der Waals surface area contributed by atoms with Crippen LogP contribution in [0.2, 0.25) is 0 Å². The number of carbonyl (C=O) groups is 3. The highest BCUT2D eigenvalue weighted by atomic mass is 19.1. The fourth-order valence-electron chi connectivity index (χ4n) is 4.18. The summed E-state index contributed by atoms with van der Waals surface area (Å²) >= 11 is 0. The molecular formula is C21H16FN3O5. The van der Waals surface area contributed by atoms with Crippen molar-refractivity contribution in [3.8, 4) is 5.75 Å². The van der Waals surface area contributed by atoms with Crippen molar-refractivity contribution in [1.82, 2.24) is 15.2 Å². The van der Waals surface area contributed by atoms with Crippen LogP contribution >= 0.6 is 0 Å². The maximum Gasteiger partial charge on any atom is 0.257 e. The van der Waals surface area contributed by atoms with Gasteiger partial charge in [0.1, 0.15) is 11.2 Å². The van der Waals surface area contributed by atoms with E-state index >= 15 is 0 Å². The fourth-order valence-corrected chi connectivity index (χ4v) is 4.18. The highest BCUT2D eigenvalue weighted by Crippen LogP contribution is 2.39. The molecule has 2 aromatic heterocycles. The van der Waals surface area contributed by atoms with Gasteiger partial charge in [-0.2, -0.15) is 0 Å². The van der Waals surface area contributed by atoms with Crippen molar-refractivity contribution in [2.24, 2.45) is 0 Å². The standard InChI is InChI=1S/C21H16FN3O5/c1-29-13-3-2-12-9-25(19(27)17(12)18(13)22)10-21(7-16(26)24-20(21)28)15-6-11-4-5-23-8-14(11)30-15/h2-6,8H,7,9-10H2,1H3,(H,24,26,28)/t21-/m1/s1. The van der Waals surface area contributed by atoms with Gasteiger partial charge in [0.2, 0.25) is 11.8 Å². The molecule has 30 heavy (non-hydrogen) atoms. The molecule has 8 nitrogen and oxygen atoms in total. The molecule has 0 bridgehead atoms. The van der Waals surface area contributed by atoms with E-state index in [-0.39, 0.29) is 36.6 Å². The summed E-state index contributed by atoms with van der Waals surface area (Å²) in [6.45, 7) is -0.0207. The second-order valence-electron chi connectivity index (χ2n) is 7.44. The second-order valence-corrected chi connectivity index (χ2v) is 7.44. The predicted molar refractivity (Wildman–Crippen MR) is 101 cm³/mol. The van der Waals surface area contributed by atoms with E-state index in [4.69, 9.17) is 9.15 Å². The number of benzene rings is 1. The van der Waals surface area contributed by atoms with Gasteiger partial charge in [-0.25, -0.2) is 4.39 Å². The van der Waals surface area contributed by atoms with E-state index in [1.165, 1.54) is 24.3 Å². The number of nitrogens with one attached hydrogen (secondary N) is 1. The van der Waals surface area contributed by atoms with Gasteiger partial charge in [0.05, 0.1) is 25.3 Å². The molecule has 1 atom stereocenters. The molecule has 152 valence electrons. The van der Waals surface area contributed by atoms with Gasteiger partial charge in [-0.05, 0) is 23.8 Å². The zero-order valence-electron chi connectivity index (χ0n) is 15.9. The lowest BCUT2D eigenvalue weighted by Crippen LogP contribution is -2.46. The van der Waals surface area contributed by atoms with Crippen molar-refractivity contribution in [3.63, 3.8) is 0 Å². The molecule has 3 aromatic rings. The average Bonchev–Trinajstić information content (AvgIpc) is 3.37. The Hall–Kier alpha value is -3.75. The van der Waals surface area contributed by atoms with E-state index in [9.17, 15) is 18.8 Å². The van der Waals surface area contributed by atoms with E-state index in [1.54, 1.807) is 24.4 Å². The number of carbonyl (C=O) groups excluding carboxylic acids is 3. The van der Waals surface area contributed by atoms with Crippen molar-refractivity contribution < 1.29 is 27.9 Å². The van der Waals surface area contributed by atoms with E-state index in [0.29, 0.717) is 11.1 Å². The Morgan fingerprint density at radius 1 is 1.30 bits per heavy atom. The summed E-state index contributed by atoms with van der Waals surface area (Å²) in [5.41, 5.74) is -0.533. The van der Waals surface area contributed by atoms with Crippen LogP contribution in [0.5, 0.6) is 5.75 Å². The lowest BCUT2D eigenvalue weighted by Gasteiger charge is -2.28. The lowest BCUT2D eigenvalue weighted by atomic mass is 9.82. The Labute approximate surface area is 169 Å². The smallest absolute Gasteiger partial charge is 0.257 e. The molecule has 2 aliphatic heterocycles. The van der Waals surface area contributed by atoms with Gasteiger partial charge in [0.25, 0.3) is 5.91 Å². The van der Waals surface area contributed by atoms with Crippen LogP contribution in [0.4, 0.5) is 4.39 Å². The van der Waals surface area contributed by atoms with Gasteiger partial charge in [-0.15, -0.1) is 0 Å². The van der Waals surface area contributed by atoms with Crippen LogP contribution in [-0.2, 0) is 21.5 Å². The molecule has 0 saturated carbocycles. The summed E-state index contributed by atoms with van der Waals surface area (Å²) < 4.78 is 25.5. The van der Waals surface area contributed by atoms with Gasteiger partial charge >= 0.3 is 0 Å². The number of ether oxygens (including phenoxy) is 1. The summed E-state index contributed by atoms with van der Waals surface area (Å²) in [5, 5.41) is 3.03. The number of aromatic nitrogens is 1. The van der Waals surface area contributed by atoms with Gasteiger partial charge in [-0.3, -0.25) is 24.7 Å². The molecule has 0 radical (unpaired) electrons. The Bertz CT molecular complexity index is 1200. The SMILES string of the molecule is COc1ccc2c(c1F)C(=O)N(C[C@@]1(c3cc4ccncc4o3)CC(=O)NC1=O)C2. The number of amides is 3. The number of hydrogen-bond acceptors (Lipinski definition) is 6. The Balaban J connectivity index is 1.56. The normalized spacial score (nSPS) is 20.7. The number of pyridine rings is 1. The molecule has 0 spiro atoms. The Kier molecular flexibility index (Phi) is 3.89. The maximum atomic E-state index is 14.7. The zero-order valence-corrected chi connectivity index (χ0v) is 15.9. The van der Waals surface area contributed by atoms with Crippen molar-refractivity contribution in [2.75, 3.05) is 13.7 Å². The van der Waals surface area contributed by atoms with E-state index < -0.39 is 29.0 Å². The molecule has 2 aliphatic rings. The molecule has 0 aliphatic carbocycles. The minimum absolute atomic E-state index is 0.0303. The van der Waals surface area contributed by atoms with Gasteiger partial charge in [-0.1, -0.05) is 6.07 Å². The molecule has 0 unspecified atom stereocenters. The summed E-state index contributed by atoms with van der Waals surface area (Å²) in [6.07, 6.45) is 2.93. The highest BCUT2D eigenvalue weighted by Gasteiger charge is 2.53. The second kappa shape index (κ2) is 6.38. The van der Waals surface area contributed by atoms with E-state index in [2.05, 4.69) is 10.3 Å². The van der Waals surface area contributed by atoms with Gasteiger partial charge < -0.3 is 14.1 Å². The highest BCUT2D eigenvalue weighted by molar-refractivity contribution is 6.10. The largest absolute Gasteiger partial charge is 0.494 e. The molecule has 3 amide bonds. The average molecular weight is 409 g/mol. The van der Waals surface area contributed by atoms with E-state index in [0.717, 1.165) is 5.39 Å². The summed E-state index contributed by atoms with van der Waals surface area (Å²) in [6, 6.07) is 6.48. The number of hydrogen-bond donors (Lipinski definition) is 1. The van der Waals surface area contributed by atoms with Crippen molar-refractivity contribution >= 4 is 28.7 Å². The third-order valence-electron chi connectivity index (χ3n) is 5.68. The van der Waals surface area contributed by atoms with Crippen molar-refractivity contribution in [1.29, 1.82) is 0 Å². The van der Waals surface area contributed by atoms with Crippen LogP contribution in [-0.4, -0.2) is 41.3 Å². The predicted octanol–water partition coefficient (Wildman–Crippen LogP) is 1.92. The molecule has 1 saturated heterocycles. The van der Waals surface area contributed by atoms with Crippen molar-refractivity contribution in [3.05, 3.63) is 59.4 Å². The number of rotatable bonds is 4. The molecule has 1 aromatic carbocycles. The Morgan fingerprint density at radius 3 is 2.83 bits per heavy atom. The zero-order chi connectivity index (χ0) is 21.0. The first-order valence-electron chi connectivity index (χ1n) is 9.26. The summed E-state index contributed by atoms with van der Waals surface area (Å²) in [5.74, 6) is -2.09. The Morgan fingerprint density at radius 2 is 2.13 bits per heavy atom. The van der Waals surface area contributed by atoms with Gasteiger partial charge in [0.15, 0.2) is 17.1 Å². The van der Waals surface area contributed by atoms with Crippen LogP contribution in [0.3, 0.4) is 0 Å². The number of halogens is 1. The van der Waals surface area contributed by atoms with Crippen LogP contribution in [0.25, 0.3) is 11.0 Å². The first-order valence-corrected chi connectivity index (χ1v) is 9.26. The first-order chi connectivity index (χ1) is 14.4. The number of fused-ring (bicyclic) bond motifs is 2. The summed E-state index contributed by atoms with van der Waals surface area (Å²) in [4.78, 5) is 43.3. The third kappa shape index (κ3) is 2.51. The van der Waals surface area contributed by atoms with E-state index in [1.807, 2.05) is 0 Å². The minimum Gasteiger partial charge on any atom is -0.494 e. The maximum absolute atomic E-state index is 14.7. The van der Waals surface area contributed by atoms with Crippen LogP contribution in [0.1, 0.15) is 28.1 Å². The topological polar surface area (TPSA) is 102 Å². The first kappa shape index (κ1) is 18.3. The summed E-state index contributed by atoms with van der Waals surface area (Å²) in [7, 11) is 1.32. The monoisotopic (exact) mass is 409 g/mol. The molecular weight excluding hydrogens is 393 g/mol. The number of nitrogens with zero attached hydrogens (tertiary/aromatic N) is 2. The fraction of sp³-hybridized carbons (Fsp3) is 0.238. The number of methoxy groups -OCH3 is 1. The van der Waals surface area contributed by atoms with Crippen molar-refractivity contribution in [2.45, 2.75) is 18.4 Å². The van der Waals surface area contributed by atoms with Gasteiger partial charge in [0, 0.05) is 24.7 Å². The molecule has 1 fully saturated rings. The number of furan rings is 1. The quantitative estimate of drug-likeness (QED) is 0.661. The van der Waals surface area contributed by atoms with Crippen LogP contribution in [0, 0.1) is 5.82 Å². The van der Waals surface area contributed by atoms with Crippen LogP contribution < -0.4 is 10.1 Å². The van der Waals surface area contributed by atoms with Crippen LogP contribution in [0.15, 0.2) is 41.1 Å². The third-order valence-corrected chi connectivity index (χ3v) is 5.68. The minimum atomic E-state index is -1.41. The number of imide groups is 1. The molecule has 5 rings (SSSR count). The molecule has 4 heterocycles. The molecule has 9 heteroatoms. The lowest BCUT2D eigenvalue weighted by molar-refractivity contribution is -0.126. The molecule has 1 N–H and O–H groups in total.